The van der Waals surface area contributed by atoms with Crippen LogP contribution in [0, 0.1) is 6.92 Å². The van der Waals surface area contributed by atoms with Gasteiger partial charge in [0.05, 0.1) is 13.1 Å². The van der Waals surface area contributed by atoms with Crippen LogP contribution < -0.4 is 0 Å². The molecule has 1 aromatic heterocycles. The SMILES string of the molecule is Cc1ccccc1-c1noc(CCCC(=O)N2CCCC3(CN(C)C(=O)O3)C2)n1. The van der Waals surface area contributed by atoms with Gasteiger partial charge in [-0.15, -0.1) is 0 Å². The minimum Gasteiger partial charge on any atom is -0.439 e. The van der Waals surface area contributed by atoms with Crippen LogP contribution in [0.1, 0.15) is 37.1 Å². The average molecular weight is 398 g/mol. The zero-order valence-corrected chi connectivity index (χ0v) is 16.9. The van der Waals surface area contributed by atoms with E-state index < -0.39 is 5.60 Å². The van der Waals surface area contributed by atoms with Crippen LogP contribution in [0.15, 0.2) is 28.8 Å². The number of hydrogen-bond acceptors (Lipinski definition) is 6. The molecule has 154 valence electrons. The van der Waals surface area contributed by atoms with E-state index in [0.29, 0.717) is 50.6 Å². The first kappa shape index (κ1) is 19.4. The Hall–Kier alpha value is -2.90. The zero-order chi connectivity index (χ0) is 20.4. The first-order valence-corrected chi connectivity index (χ1v) is 10.1. The van der Waals surface area contributed by atoms with Gasteiger partial charge in [0.25, 0.3) is 0 Å². The topological polar surface area (TPSA) is 88.8 Å². The summed E-state index contributed by atoms with van der Waals surface area (Å²) >= 11 is 0. The lowest BCUT2D eigenvalue weighted by molar-refractivity contribution is -0.136. The molecule has 2 fully saturated rings. The van der Waals surface area contributed by atoms with E-state index in [9.17, 15) is 9.59 Å². The number of nitrogens with zero attached hydrogens (tertiary/aromatic N) is 4. The summed E-state index contributed by atoms with van der Waals surface area (Å²) in [4.78, 5) is 32.3. The largest absolute Gasteiger partial charge is 0.439 e. The van der Waals surface area contributed by atoms with Gasteiger partial charge >= 0.3 is 6.09 Å². The maximum Gasteiger partial charge on any atom is 0.410 e. The van der Waals surface area contributed by atoms with Crippen LogP contribution in [0.25, 0.3) is 11.4 Å². The van der Waals surface area contributed by atoms with Crippen molar-refractivity contribution >= 4 is 12.0 Å². The van der Waals surface area contributed by atoms with Crippen molar-refractivity contribution in [2.75, 3.05) is 26.7 Å². The number of carbonyl (C=O) groups is 2. The van der Waals surface area contributed by atoms with Gasteiger partial charge in [-0.1, -0.05) is 29.4 Å². The summed E-state index contributed by atoms with van der Waals surface area (Å²) in [5.74, 6) is 1.19. The van der Waals surface area contributed by atoms with Gasteiger partial charge in [0.1, 0.15) is 5.60 Å². The highest BCUT2D eigenvalue weighted by molar-refractivity contribution is 5.77. The molecular formula is C21H26N4O4. The Bertz CT molecular complexity index is 912. The minimum atomic E-state index is -0.547. The number of aryl methyl sites for hydroxylation is 2. The number of hydrogen-bond donors (Lipinski definition) is 0. The van der Waals surface area contributed by atoms with Crippen molar-refractivity contribution in [3.8, 4) is 11.4 Å². The average Bonchev–Trinajstić information content (AvgIpc) is 3.26. The molecule has 4 rings (SSSR count). The number of amides is 2. The molecule has 8 heteroatoms. The lowest BCUT2D eigenvalue weighted by atomic mass is 9.92. The Kier molecular flexibility index (Phi) is 5.25. The number of benzene rings is 1. The second kappa shape index (κ2) is 7.85. The molecular weight excluding hydrogens is 372 g/mol. The number of carbonyl (C=O) groups excluding carboxylic acids is 2. The number of ether oxygens (including phenoxy) is 1. The fourth-order valence-corrected chi connectivity index (χ4v) is 4.15. The van der Waals surface area contributed by atoms with Crippen molar-refractivity contribution in [1.29, 1.82) is 0 Å². The third-order valence-electron chi connectivity index (χ3n) is 5.67. The molecule has 1 aromatic carbocycles. The molecule has 0 bridgehead atoms. The zero-order valence-electron chi connectivity index (χ0n) is 16.9. The molecule has 2 aromatic rings. The maximum absolute atomic E-state index is 12.7. The molecule has 29 heavy (non-hydrogen) atoms. The fourth-order valence-electron chi connectivity index (χ4n) is 4.15. The summed E-state index contributed by atoms with van der Waals surface area (Å²) in [6.45, 7) is 3.73. The normalized spacial score (nSPS) is 21.7. The van der Waals surface area contributed by atoms with Crippen molar-refractivity contribution in [2.45, 2.75) is 44.6 Å². The minimum absolute atomic E-state index is 0.0771. The van der Waals surface area contributed by atoms with Crippen LogP contribution in [-0.4, -0.2) is 64.2 Å². The molecule has 0 saturated carbocycles. The van der Waals surface area contributed by atoms with Gasteiger partial charge < -0.3 is 19.1 Å². The van der Waals surface area contributed by atoms with Gasteiger partial charge in [-0.2, -0.15) is 4.98 Å². The van der Waals surface area contributed by atoms with Gasteiger partial charge in [0.15, 0.2) is 0 Å². The quantitative estimate of drug-likeness (QED) is 0.769. The van der Waals surface area contributed by atoms with Crippen molar-refractivity contribution in [3.63, 3.8) is 0 Å². The molecule has 2 aliphatic rings. The smallest absolute Gasteiger partial charge is 0.410 e. The molecule has 1 unspecified atom stereocenters. The molecule has 3 heterocycles. The van der Waals surface area contributed by atoms with Crippen LogP contribution in [0.5, 0.6) is 0 Å². The van der Waals surface area contributed by atoms with Gasteiger partial charge in [-0.3, -0.25) is 4.79 Å². The van der Waals surface area contributed by atoms with Gasteiger partial charge in [-0.05, 0) is 31.7 Å². The van der Waals surface area contributed by atoms with Gasteiger partial charge in [-0.25, -0.2) is 4.79 Å². The molecule has 0 radical (unpaired) electrons. The second-order valence-electron chi connectivity index (χ2n) is 8.01. The molecule has 8 nitrogen and oxygen atoms in total. The monoisotopic (exact) mass is 398 g/mol. The third kappa shape index (κ3) is 4.11. The Morgan fingerprint density at radius 2 is 2.10 bits per heavy atom. The molecule has 1 spiro atoms. The second-order valence-corrected chi connectivity index (χ2v) is 8.01. The molecule has 2 amide bonds. The number of likely N-dealkylation sites (N-methyl/N-ethyl adjacent to an activating group) is 1. The van der Waals surface area contributed by atoms with E-state index in [1.165, 1.54) is 0 Å². The summed E-state index contributed by atoms with van der Waals surface area (Å²) in [6.07, 6.45) is 2.94. The molecule has 2 saturated heterocycles. The van der Waals surface area contributed by atoms with Crippen molar-refractivity contribution in [1.82, 2.24) is 19.9 Å². The van der Waals surface area contributed by atoms with E-state index in [1.54, 1.807) is 11.9 Å². The lowest BCUT2D eigenvalue weighted by Gasteiger charge is -2.38. The Morgan fingerprint density at radius 3 is 2.86 bits per heavy atom. The Balaban J connectivity index is 1.29. The predicted molar refractivity (Wildman–Crippen MR) is 105 cm³/mol. The molecule has 2 aliphatic heterocycles. The van der Waals surface area contributed by atoms with Crippen LogP contribution >= 0.6 is 0 Å². The van der Waals surface area contributed by atoms with Crippen LogP contribution in [0.4, 0.5) is 4.79 Å². The summed E-state index contributed by atoms with van der Waals surface area (Å²) in [5.41, 5.74) is 1.50. The first-order chi connectivity index (χ1) is 14.0. The summed E-state index contributed by atoms with van der Waals surface area (Å²) < 4.78 is 10.9. The first-order valence-electron chi connectivity index (χ1n) is 10.1. The van der Waals surface area contributed by atoms with E-state index in [4.69, 9.17) is 9.26 Å². The highest BCUT2D eigenvalue weighted by atomic mass is 16.6. The third-order valence-corrected chi connectivity index (χ3v) is 5.67. The fraction of sp³-hybridized carbons (Fsp3) is 0.524. The van der Waals surface area contributed by atoms with Crippen LogP contribution in [0.2, 0.25) is 0 Å². The Morgan fingerprint density at radius 1 is 1.28 bits per heavy atom. The Labute approximate surface area is 169 Å². The van der Waals surface area contributed by atoms with Crippen molar-refractivity contribution in [2.24, 2.45) is 0 Å². The van der Waals surface area contributed by atoms with Crippen molar-refractivity contribution < 1.29 is 18.8 Å². The standard InChI is InChI=1S/C21H26N4O4/c1-15-7-3-4-8-16(15)19-22-17(29-23-19)9-5-10-18(26)25-12-6-11-21(14-25)13-24(2)20(27)28-21/h3-4,7-8H,5-6,9-14H2,1-2H3. The summed E-state index contributed by atoms with van der Waals surface area (Å²) in [7, 11) is 1.73. The number of aromatic nitrogens is 2. The van der Waals surface area contributed by atoms with Crippen LogP contribution in [0.3, 0.4) is 0 Å². The number of piperidine rings is 1. The van der Waals surface area contributed by atoms with Crippen LogP contribution in [-0.2, 0) is 16.0 Å². The summed E-state index contributed by atoms with van der Waals surface area (Å²) in [6, 6.07) is 7.89. The van der Waals surface area contributed by atoms with Crippen molar-refractivity contribution in [3.05, 3.63) is 35.7 Å². The summed E-state index contributed by atoms with van der Waals surface area (Å²) in [5, 5.41) is 4.06. The molecule has 0 N–H and O–H groups in total. The maximum atomic E-state index is 12.7. The highest BCUT2D eigenvalue weighted by Gasteiger charge is 2.47. The lowest BCUT2D eigenvalue weighted by Crippen LogP contribution is -2.52. The van der Waals surface area contributed by atoms with E-state index in [0.717, 1.165) is 24.0 Å². The molecule has 0 aliphatic carbocycles. The highest BCUT2D eigenvalue weighted by Crippen LogP contribution is 2.31. The van der Waals surface area contributed by atoms with E-state index >= 15 is 0 Å². The molecule has 1 atom stereocenters. The predicted octanol–water partition coefficient (Wildman–Crippen LogP) is 2.81. The van der Waals surface area contributed by atoms with E-state index in [1.807, 2.05) is 36.1 Å². The number of rotatable bonds is 5. The number of likely N-dealkylation sites (tertiary alicyclic amines) is 1. The van der Waals surface area contributed by atoms with Gasteiger partial charge in [0, 0.05) is 32.0 Å². The van der Waals surface area contributed by atoms with Gasteiger partial charge in [0.2, 0.25) is 17.6 Å². The van der Waals surface area contributed by atoms with E-state index in [-0.39, 0.29) is 12.0 Å². The van der Waals surface area contributed by atoms with E-state index in [2.05, 4.69) is 10.1 Å².